The van der Waals surface area contributed by atoms with Gasteiger partial charge in [-0.2, -0.15) is 10.1 Å². The molecule has 0 spiro atoms. The molecule has 1 unspecified atom stereocenters. The molecule has 6 rings (SSSR count). The van der Waals surface area contributed by atoms with Gasteiger partial charge in [0.15, 0.2) is 11.6 Å². The summed E-state index contributed by atoms with van der Waals surface area (Å²) in [7, 11) is 0. The van der Waals surface area contributed by atoms with Gasteiger partial charge in [-0.05, 0) is 44.9 Å². The van der Waals surface area contributed by atoms with E-state index in [1.165, 1.54) is 30.4 Å². The molecular weight excluding hydrogens is 394 g/mol. The van der Waals surface area contributed by atoms with Crippen molar-refractivity contribution < 1.29 is 9.21 Å². The van der Waals surface area contributed by atoms with E-state index in [1.54, 1.807) is 6.20 Å². The molecule has 3 aliphatic rings. The minimum absolute atomic E-state index is 0.0972. The van der Waals surface area contributed by atoms with Gasteiger partial charge in [0, 0.05) is 29.8 Å². The van der Waals surface area contributed by atoms with Gasteiger partial charge in [-0.3, -0.25) is 9.89 Å². The summed E-state index contributed by atoms with van der Waals surface area (Å²) in [5.74, 6) is 3.41. The summed E-state index contributed by atoms with van der Waals surface area (Å²) >= 11 is 0. The van der Waals surface area contributed by atoms with Crippen LogP contribution in [-0.4, -0.2) is 43.5 Å². The zero-order chi connectivity index (χ0) is 20.8. The molecule has 31 heavy (non-hydrogen) atoms. The lowest BCUT2D eigenvalue weighted by molar-refractivity contribution is -0.119. The first-order chi connectivity index (χ1) is 15.2. The van der Waals surface area contributed by atoms with Crippen LogP contribution in [0.25, 0.3) is 0 Å². The van der Waals surface area contributed by atoms with Crippen LogP contribution in [0.15, 0.2) is 22.9 Å². The van der Waals surface area contributed by atoms with Crippen LogP contribution < -0.4 is 10.2 Å². The van der Waals surface area contributed by atoms with Crippen molar-refractivity contribution >= 4 is 23.4 Å². The summed E-state index contributed by atoms with van der Waals surface area (Å²) in [4.78, 5) is 28.8. The van der Waals surface area contributed by atoms with Crippen LogP contribution in [0.3, 0.4) is 0 Å². The van der Waals surface area contributed by atoms with Crippen molar-refractivity contribution in [3.05, 3.63) is 41.4 Å². The van der Waals surface area contributed by atoms with Gasteiger partial charge in [-0.25, -0.2) is 9.97 Å². The van der Waals surface area contributed by atoms with Gasteiger partial charge in [0.2, 0.25) is 11.8 Å². The number of aromatic amines is 1. The van der Waals surface area contributed by atoms with Crippen molar-refractivity contribution in [2.45, 2.75) is 63.3 Å². The third-order valence-electron chi connectivity index (χ3n) is 6.47. The summed E-state index contributed by atoms with van der Waals surface area (Å²) in [5, 5.41) is 11.0. The molecule has 3 aromatic heterocycles. The number of carbonyl (C=O) groups excluding carboxylic acids is 1. The van der Waals surface area contributed by atoms with Crippen molar-refractivity contribution in [1.29, 1.82) is 0 Å². The van der Waals surface area contributed by atoms with Gasteiger partial charge >= 0.3 is 0 Å². The van der Waals surface area contributed by atoms with Crippen LogP contribution in [0.4, 0.5) is 17.6 Å². The van der Waals surface area contributed by atoms with Gasteiger partial charge in [0.25, 0.3) is 0 Å². The van der Waals surface area contributed by atoms with E-state index >= 15 is 0 Å². The lowest BCUT2D eigenvalue weighted by Crippen LogP contribution is -2.38. The molecule has 9 heteroatoms. The first kappa shape index (κ1) is 18.5. The Hall–Kier alpha value is -3.23. The Morgan fingerprint density at radius 3 is 3.00 bits per heavy atom. The highest BCUT2D eigenvalue weighted by atomic mass is 16.3. The third-order valence-corrected chi connectivity index (χ3v) is 6.47. The topological polar surface area (TPSA) is 113 Å². The lowest BCUT2D eigenvalue weighted by Gasteiger charge is -2.24. The maximum absolute atomic E-state index is 13.0. The molecule has 160 valence electrons. The van der Waals surface area contributed by atoms with Gasteiger partial charge in [-0.1, -0.05) is 0 Å². The number of rotatable bonds is 7. The average molecular weight is 419 g/mol. The van der Waals surface area contributed by atoms with E-state index in [2.05, 4.69) is 31.5 Å². The Morgan fingerprint density at radius 1 is 1.23 bits per heavy atom. The first-order valence-corrected chi connectivity index (χ1v) is 11.1. The summed E-state index contributed by atoms with van der Waals surface area (Å²) in [6, 6.07) is 1.84. The van der Waals surface area contributed by atoms with Crippen molar-refractivity contribution in [2.75, 3.05) is 16.8 Å². The van der Waals surface area contributed by atoms with Gasteiger partial charge in [0.1, 0.15) is 12.1 Å². The number of nitrogens with one attached hydrogen (secondary N) is 2. The standard InChI is InChI=1S/C22H25N7O2/c30-18(12-20-23-8-10-31-20)17-5-2-9-29(17)22-24-15-4-1-3-14(15)21(26-22)25-19-11-16(27-28-19)13-6-7-13/h8,10-11,13,17H,1-7,9,12H2,(H2,24,25,26,27,28). The van der Waals surface area contributed by atoms with E-state index in [4.69, 9.17) is 14.4 Å². The monoisotopic (exact) mass is 419 g/mol. The number of aryl methyl sites for hydroxylation is 1. The van der Waals surface area contributed by atoms with E-state index in [-0.39, 0.29) is 18.2 Å². The van der Waals surface area contributed by atoms with Crippen LogP contribution >= 0.6 is 0 Å². The second-order valence-electron chi connectivity index (χ2n) is 8.68. The predicted octanol–water partition coefficient (Wildman–Crippen LogP) is 3.08. The van der Waals surface area contributed by atoms with Crippen LogP contribution in [0.5, 0.6) is 0 Å². The fourth-order valence-corrected chi connectivity index (χ4v) is 4.72. The highest BCUT2D eigenvalue weighted by molar-refractivity contribution is 5.88. The fourth-order valence-electron chi connectivity index (χ4n) is 4.72. The van der Waals surface area contributed by atoms with E-state index in [0.29, 0.717) is 17.8 Å². The Balaban J connectivity index is 1.27. The SMILES string of the molecule is O=C(Cc1ncco1)C1CCCN1c1nc2c(c(Nc3cc(C4CC4)[nH]n3)n1)CCC2. The smallest absolute Gasteiger partial charge is 0.228 e. The lowest BCUT2D eigenvalue weighted by atomic mass is 10.1. The first-order valence-electron chi connectivity index (χ1n) is 11.1. The zero-order valence-electron chi connectivity index (χ0n) is 17.3. The molecule has 2 fully saturated rings. The Kier molecular flexibility index (Phi) is 4.47. The predicted molar refractivity (Wildman–Crippen MR) is 113 cm³/mol. The van der Waals surface area contributed by atoms with Crippen molar-refractivity contribution in [3.63, 3.8) is 0 Å². The number of fused-ring (bicyclic) bond motifs is 1. The Labute approximate surface area is 179 Å². The number of Topliss-reactive ketones (excluding diaryl/α,β-unsaturated/α-hetero) is 1. The number of oxazole rings is 1. The number of aromatic nitrogens is 5. The maximum atomic E-state index is 13.0. The summed E-state index contributed by atoms with van der Waals surface area (Å²) in [6.07, 6.45) is 10.4. The normalized spacial score (nSPS) is 20.3. The summed E-state index contributed by atoms with van der Waals surface area (Å²) in [6.45, 7) is 0.772. The van der Waals surface area contributed by atoms with Gasteiger partial charge in [-0.15, -0.1) is 0 Å². The van der Waals surface area contributed by atoms with Crippen molar-refractivity contribution in [3.8, 4) is 0 Å². The molecule has 4 heterocycles. The number of hydrogen-bond donors (Lipinski definition) is 2. The fraction of sp³-hybridized carbons (Fsp3) is 0.500. The minimum atomic E-state index is -0.244. The molecule has 2 N–H and O–H groups in total. The molecule has 0 radical (unpaired) electrons. The van der Waals surface area contributed by atoms with E-state index in [0.717, 1.165) is 56.0 Å². The molecule has 1 saturated carbocycles. The number of carbonyl (C=O) groups is 1. The van der Waals surface area contributed by atoms with Crippen LogP contribution in [0.1, 0.15) is 60.9 Å². The summed E-state index contributed by atoms with van der Waals surface area (Å²) in [5.41, 5.74) is 3.43. The van der Waals surface area contributed by atoms with Crippen LogP contribution in [0, 0.1) is 0 Å². The molecule has 1 saturated heterocycles. The van der Waals surface area contributed by atoms with Gasteiger partial charge < -0.3 is 14.6 Å². The molecule has 9 nitrogen and oxygen atoms in total. The number of H-pyrrole nitrogens is 1. The molecular formula is C22H25N7O2. The largest absolute Gasteiger partial charge is 0.449 e. The third kappa shape index (κ3) is 3.58. The molecule has 1 aliphatic heterocycles. The van der Waals surface area contributed by atoms with E-state index < -0.39 is 0 Å². The second kappa shape index (κ2) is 7.47. The van der Waals surface area contributed by atoms with Crippen LogP contribution in [-0.2, 0) is 24.1 Å². The number of ketones is 1. The van der Waals surface area contributed by atoms with E-state index in [9.17, 15) is 4.79 Å². The molecule has 0 bridgehead atoms. The Morgan fingerprint density at radius 2 is 2.16 bits per heavy atom. The zero-order valence-corrected chi connectivity index (χ0v) is 17.3. The Bertz CT molecular complexity index is 1100. The van der Waals surface area contributed by atoms with Crippen molar-refractivity contribution in [2.24, 2.45) is 0 Å². The molecule has 2 aliphatic carbocycles. The molecule has 0 aromatic carbocycles. The van der Waals surface area contributed by atoms with E-state index in [1.807, 2.05) is 0 Å². The van der Waals surface area contributed by atoms with Gasteiger partial charge in [0.05, 0.1) is 24.4 Å². The number of nitrogens with zero attached hydrogens (tertiary/aromatic N) is 5. The number of anilines is 3. The second-order valence-corrected chi connectivity index (χ2v) is 8.68. The summed E-state index contributed by atoms with van der Waals surface area (Å²) < 4.78 is 5.27. The highest BCUT2D eigenvalue weighted by Gasteiger charge is 2.34. The highest BCUT2D eigenvalue weighted by Crippen LogP contribution is 2.40. The molecule has 1 atom stereocenters. The van der Waals surface area contributed by atoms with Crippen LogP contribution in [0.2, 0.25) is 0 Å². The van der Waals surface area contributed by atoms with Crippen molar-refractivity contribution in [1.82, 2.24) is 25.1 Å². The maximum Gasteiger partial charge on any atom is 0.228 e. The molecule has 3 aromatic rings. The quantitative estimate of drug-likeness (QED) is 0.601. The average Bonchev–Trinajstić information content (AvgIpc) is 3.27. The molecule has 0 amide bonds. The minimum Gasteiger partial charge on any atom is -0.449 e. The number of hydrogen-bond acceptors (Lipinski definition) is 8.